The van der Waals surface area contributed by atoms with Gasteiger partial charge in [-0.25, -0.2) is 9.97 Å². The topological polar surface area (TPSA) is 47.0 Å². The zero-order valence-electron chi connectivity index (χ0n) is 10.2. The molecule has 2 heterocycles. The first kappa shape index (κ1) is 11.5. The van der Waals surface area contributed by atoms with Gasteiger partial charge >= 0.3 is 0 Å². The van der Waals surface area contributed by atoms with E-state index >= 15 is 0 Å². The molecule has 2 rings (SSSR count). The number of fused-ring (bicyclic) bond motifs is 1. The summed E-state index contributed by atoms with van der Waals surface area (Å²) in [5.41, 5.74) is 2.01. The molecule has 1 aromatic heterocycles. The van der Waals surface area contributed by atoms with Crippen LogP contribution in [0.3, 0.4) is 0 Å². The second-order valence-electron chi connectivity index (χ2n) is 4.17. The molecule has 0 radical (unpaired) electrons. The maximum atomic E-state index is 5.64. The Morgan fingerprint density at radius 2 is 2.12 bits per heavy atom. The molecule has 0 saturated heterocycles. The minimum atomic E-state index is -0.322. The largest absolute Gasteiger partial charge is 0.370 e. The van der Waals surface area contributed by atoms with Crippen molar-refractivity contribution < 1.29 is 4.74 Å². The smallest absolute Gasteiger partial charge is 0.160 e. The van der Waals surface area contributed by atoms with Crippen molar-refractivity contribution in [2.75, 3.05) is 7.11 Å². The highest BCUT2D eigenvalue weighted by Gasteiger charge is 2.32. The first-order chi connectivity index (χ1) is 7.75. The lowest BCUT2D eigenvalue weighted by atomic mass is 9.96. The fourth-order valence-corrected chi connectivity index (χ4v) is 2.22. The Balaban J connectivity index is 2.39. The molecular weight excluding hydrogens is 202 g/mol. The fraction of sp³-hybridized carbons (Fsp3) is 0.667. The van der Waals surface area contributed by atoms with E-state index in [9.17, 15) is 0 Å². The number of nitrogens with one attached hydrogen (secondary N) is 1. The van der Waals surface area contributed by atoms with Gasteiger partial charge in [0.1, 0.15) is 5.60 Å². The normalized spacial score (nSPS) is 15.2. The molecule has 1 N–H and O–H groups in total. The van der Waals surface area contributed by atoms with Gasteiger partial charge in [-0.15, -0.1) is 0 Å². The first-order valence-corrected chi connectivity index (χ1v) is 5.87. The van der Waals surface area contributed by atoms with E-state index in [2.05, 4.69) is 29.1 Å². The third-order valence-electron chi connectivity index (χ3n) is 3.50. The molecule has 0 atom stereocenters. The molecule has 0 fully saturated rings. The average molecular weight is 221 g/mol. The van der Waals surface area contributed by atoms with Crippen LogP contribution in [0.15, 0.2) is 6.20 Å². The van der Waals surface area contributed by atoms with E-state index in [1.807, 2.05) is 6.20 Å². The van der Waals surface area contributed by atoms with Crippen LogP contribution in [0.5, 0.6) is 0 Å². The number of ether oxygens (including phenoxy) is 1. The van der Waals surface area contributed by atoms with Gasteiger partial charge in [0.25, 0.3) is 0 Å². The minimum Gasteiger partial charge on any atom is -0.370 e. The lowest BCUT2D eigenvalue weighted by Gasteiger charge is -2.28. The van der Waals surface area contributed by atoms with Crippen molar-refractivity contribution in [1.29, 1.82) is 0 Å². The maximum Gasteiger partial charge on any atom is 0.160 e. The molecule has 0 amide bonds. The maximum absolute atomic E-state index is 5.64. The molecule has 88 valence electrons. The third kappa shape index (κ3) is 1.72. The second kappa shape index (κ2) is 4.47. The van der Waals surface area contributed by atoms with Crippen LogP contribution >= 0.6 is 0 Å². The van der Waals surface area contributed by atoms with Crippen LogP contribution in [0, 0.1) is 0 Å². The monoisotopic (exact) mass is 221 g/mol. The van der Waals surface area contributed by atoms with Crippen molar-refractivity contribution in [3.63, 3.8) is 0 Å². The molecule has 4 nitrogen and oxygen atoms in total. The summed E-state index contributed by atoms with van der Waals surface area (Å²) in [6.45, 7) is 5.95. The Morgan fingerprint density at radius 3 is 2.75 bits per heavy atom. The van der Waals surface area contributed by atoms with Gasteiger partial charge in [0, 0.05) is 32.0 Å². The predicted molar refractivity (Wildman–Crippen MR) is 61.8 cm³/mol. The summed E-state index contributed by atoms with van der Waals surface area (Å²) in [6, 6.07) is 0. The summed E-state index contributed by atoms with van der Waals surface area (Å²) >= 11 is 0. The van der Waals surface area contributed by atoms with E-state index in [0.717, 1.165) is 37.4 Å². The Hall–Kier alpha value is -1.00. The van der Waals surface area contributed by atoms with Crippen molar-refractivity contribution in [3.05, 3.63) is 23.3 Å². The third-order valence-corrected chi connectivity index (χ3v) is 3.50. The summed E-state index contributed by atoms with van der Waals surface area (Å²) in [5.74, 6) is 0.822. The van der Waals surface area contributed by atoms with Gasteiger partial charge in [-0.3, -0.25) is 0 Å². The predicted octanol–water partition coefficient (Wildman–Crippen LogP) is 1.74. The number of hydrogen-bond donors (Lipinski definition) is 1. The number of aromatic nitrogens is 2. The highest BCUT2D eigenvalue weighted by molar-refractivity contribution is 5.22. The van der Waals surface area contributed by atoms with E-state index in [1.54, 1.807) is 7.11 Å². The highest BCUT2D eigenvalue weighted by Crippen LogP contribution is 2.30. The first-order valence-electron chi connectivity index (χ1n) is 5.87. The highest BCUT2D eigenvalue weighted by atomic mass is 16.5. The summed E-state index contributed by atoms with van der Waals surface area (Å²) in [4.78, 5) is 9.10. The summed E-state index contributed by atoms with van der Waals surface area (Å²) in [6.07, 6.45) is 3.72. The average Bonchev–Trinajstić information content (AvgIpc) is 2.79. The van der Waals surface area contributed by atoms with Gasteiger partial charge in [-0.05, 0) is 12.8 Å². The van der Waals surface area contributed by atoms with Crippen LogP contribution in [0.4, 0.5) is 0 Å². The van der Waals surface area contributed by atoms with Crippen LogP contribution in [0.2, 0.25) is 0 Å². The Bertz CT molecular complexity index is 366. The van der Waals surface area contributed by atoms with Crippen molar-refractivity contribution >= 4 is 0 Å². The van der Waals surface area contributed by atoms with Crippen molar-refractivity contribution in [3.8, 4) is 0 Å². The lowest BCUT2D eigenvalue weighted by molar-refractivity contribution is -0.0293. The second-order valence-corrected chi connectivity index (χ2v) is 4.17. The molecule has 4 heteroatoms. The SMILES string of the molecule is CCC(CC)(OC)c1ncc2c(n1)CNC2. The zero-order valence-corrected chi connectivity index (χ0v) is 10.2. The molecule has 0 aromatic carbocycles. The van der Waals surface area contributed by atoms with E-state index in [-0.39, 0.29) is 5.60 Å². The molecule has 0 unspecified atom stereocenters. The van der Waals surface area contributed by atoms with E-state index in [0.29, 0.717) is 0 Å². The molecule has 0 spiro atoms. The standard InChI is InChI=1S/C12H19N3O/c1-4-12(5-2,16-3)11-14-7-9-6-13-8-10(9)15-11/h7,13H,4-6,8H2,1-3H3. The van der Waals surface area contributed by atoms with E-state index < -0.39 is 0 Å². The van der Waals surface area contributed by atoms with Crippen LogP contribution in [0.1, 0.15) is 43.8 Å². The zero-order chi connectivity index (χ0) is 11.6. The van der Waals surface area contributed by atoms with Gasteiger partial charge in [0.05, 0.1) is 5.69 Å². The summed E-state index contributed by atoms with van der Waals surface area (Å²) in [7, 11) is 1.74. The van der Waals surface area contributed by atoms with Crippen LogP contribution < -0.4 is 5.32 Å². The number of rotatable bonds is 4. The van der Waals surface area contributed by atoms with E-state index in [1.165, 1.54) is 5.56 Å². The summed E-state index contributed by atoms with van der Waals surface area (Å²) in [5, 5.41) is 3.28. The number of nitrogens with zero attached hydrogens (tertiary/aromatic N) is 2. The lowest BCUT2D eigenvalue weighted by Crippen LogP contribution is -2.29. The molecular formula is C12H19N3O. The molecule has 16 heavy (non-hydrogen) atoms. The van der Waals surface area contributed by atoms with Crippen LogP contribution in [0.25, 0.3) is 0 Å². The van der Waals surface area contributed by atoms with Crippen LogP contribution in [-0.4, -0.2) is 17.1 Å². The molecule has 1 aliphatic heterocycles. The molecule has 0 saturated carbocycles. The number of methoxy groups -OCH3 is 1. The Labute approximate surface area is 96.4 Å². The van der Waals surface area contributed by atoms with Crippen molar-refractivity contribution in [1.82, 2.24) is 15.3 Å². The Kier molecular flexibility index (Phi) is 3.21. The molecule has 0 bridgehead atoms. The quantitative estimate of drug-likeness (QED) is 0.841. The van der Waals surface area contributed by atoms with Crippen molar-refractivity contribution in [2.24, 2.45) is 0 Å². The van der Waals surface area contributed by atoms with Crippen molar-refractivity contribution in [2.45, 2.75) is 45.4 Å². The fourth-order valence-electron chi connectivity index (χ4n) is 2.22. The van der Waals surface area contributed by atoms with Crippen LogP contribution in [-0.2, 0) is 23.4 Å². The molecule has 1 aliphatic rings. The summed E-state index contributed by atoms with van der Waals surface area (Å²) < 4.78 is 5.64. The van der Waals surface area contributed by atoms with Gasteiger partial charge in [-0.1, -0.05) is 13.8 Å². The van der Waals surface area contributed by atoms with E-state index in [4.69, 9.17) is 4.74 Å². The molecule has 0 aliphatic carbocycles. The van der Waals surface area contributed by atoms with Gasteiger partial charge in [0.15, 0.2) is 5.82 Å². The number of hydrogen-bond acceptors (Lipinski definition) is 4. The van der Waals surface area contributed by atoms with Gasteiger partial charge in [0.2, 0.25) is 0 Å². The van der Waals surface area contributed by atoms with Gasteiger partial charge in [-0.2, -0.15) is 0 Å². The van der Waals surface area contributed by atoms with Gasteiger partial charge < -0.3 is 10.1 Å². The molecule has 1 aromatic rings. The minimum absolute atomic E-state index is 0.322. The Morgan fingerprint density at radius 1 is 1.38 bits per heavy atom.